The molecule has 0 unspecified atom stereocenters. The van der Waals surface area contributed by atoms with E-state index >= 15 is 0 Å². The Morgan fingerprint density at radius 3 is 2.88 bits per heavy atom. The van der Waals surface area contributed by atoms with Crippen LogP contribution >= 0.6 is 0 Å². The standard InChI is InChI=1S/C11H8F2N4/c12-7-3-1-2-6(9(7)13)10-15-8-4-5-14-17-11(8)16-10/h1-5,14,17H,(H,15,16). The molecule has 17 heavy (non-hydrogen) atoms. The average Bonchev–Trinajstić information content (AvgIpc) is 2.76. The summed E-state index contributed by atoms with van der Waals surface area (Å²) < 4.78 is 26.7. The Morgan fingerprint density at radius 1 is 1.18 bits per heavy atom. The van der Waals surface area contributed by atoms with E-state index in [1.807, 2.05) is 0 Å². The maximum absolute atomic E-state index is 13.6. The van der Waals surface area contributed by atoms with Crippen LogP contribution < -0.4 is 10.9 Å². The third kappa shape index (κ3) is 1.54. The van der Waals surface area contributed by atoms with E-state index in [1.165, 1.54) is 12.1 Å². The number of aromatic amines is 1. The summed E-state index contributed by atoms with van der Waals surface area (Å²) in [5.74, 6) is -0.965. The molecule has 3 rings (SSSR count). The van der Waals surface area contributed by atoms with Gasteiger partial charge in [0.05, 0.1) is 11.3 Å². The molecule has 0 spiro atoms. The summed E-state index contributed by atoms with van der Waals surface area (Å²) in [5.41, 5.74) is 6.36. The number of imidazole rings is 1. The second-order valence-electron chi connectivity index (χ2n) is 3.55. The topological polar surface area (TPSA) is 52.7 Å². The molecule has 0 saturated carbocycles. The number of rotatable bonds is 1. The molecule has 0 fully saturated rings. The van der Waals surface area contributed by atoms with Gasteiger partial charge in [-0.3, -0.25) is 5.43 Å². The van der Waals surface area contributed by atoms with Gasteiger partial charge in [-0.2, -0.15) is 0 Å². The monoisotopic (exact) mass is 234 g/mol. The molecule has 86 valence electrons. The molecule has 0 amide bonds. The molecule has 0 atom stereocenters. The first-order valence-electron chi connectivity index (χ1n) is 4.98. The zero-order chi connectivity index (χ0) is 11.8. The number of hydrogen-bond acceptors (Lipinski definition) is 3. The van der Waals surface area contributed by atoms with Crippen LogP contribution in [0, 0.1) is 11.6 Å². The molecule has 0 aliphatic carbocycles. The Labute approximate surface area is 95.4 Å². The highest BCUT2D eigenvalue weighted by molar-refractivity contribution is 5.68. The SMILES string of the molecule is Fc1cccc(-c2nc3c([nH]2)C=CNN3)c1F. The van der Waals surface area contributed by atoms with Gasteiger partial charge in [-0.15, -0.1) is 0 Å². The quantitative estimate of drug-likeness (QED) is 0.709. The van der Waals surface area contributed by atoms with Gasteiger partial charge in [0.1, 0.15) is 5.82 Å². The smallest absolute Gasteiger partial charge is 0.170 e. The number of anilines is 1. The minimum atomic E-state index is -0.907. The number of hydrogen-bond donors (Lipinski definition) is 3. The Balaban J connectivity index is 2.13. The van der Waals surface area contributed by atoms with Crippen molar-refractivity contribution in [3.05, 3.63) is 41.7 Å². The lowest BCUT2D eigenvalue weighted by Gasteiger charge is -2.06. The Kier molecular flexibility index (Phi) is 2.07. The number of nitrogens with one attached hydrogen (secondary N) is 3. The fourth-order valence-electron chi connectivity index (χ4n) is 1.65. The van der Waals surface area contributed by atoms with Crippen LogP contribution in [0.25, 0.3) is 17.5 Å². The molecular weight excluding hydrogens is 226 g/mol. The van der Waals surface area contributed by atoms with Gasteiger partial charge in [0.2, 0.25) is 0 Å². The van der Waals surface area contributed by atoms with Gasteiger partial charge >= 0.3 is 0 Å². The summed E-state index contributed by atoms with van der Waals surface area (Å²) in [7, 11) is 0. The van der Waals surface area contributed by atoms with E-state index in [4.69, 9.17) is 0 Å². The van der Waals surface area contributed by atoms with Crippen LogP contribution in [0.2, 0.25) is 0 Å². The average molecular weight is 234 g/mol. The van der Waals surface area contributed by atoms with Gasteiger partial charge in [-0.25, -0.2) is 13.8 Å². The number of aromatic nitrogens is 2. The van der Waals surface area contributed by atoms with E-state index in [0.717, 1.165) is 6.07 Å². The molecule has 2 aromatic rings. The van der Waals surface area contributed by atoms with Crippen LogP contribution in [-0.4, -0.2) is 9.97 Å². The van der Waals surface area contributed by atoms with Crippen LogP contribution in [0.4, 0.5) is 14.6 Å². The van der Waals surface area contributed by atoms with Crippen molar-refractivity contribution >= 4 is 11.9 Å². The molecule has 6 heteroatoms. The summed E-state index contributed by atoms with van der Waals surface area (Å²) in [4.78, 5) is 7.05. The first kappa shape index (κ1) is 9.83. The highest BCUT2D eigenvalue weighted by atomic mass is 19.2. The van der Waals surface area contributed by atoms with Crippen LogP contribution in [0.1, 0.15) is 5.69 Å². The van der Waals surface area contributed by atoms with Gasteiger partial charge < -0.3 is 10.4 Å². The molecule has 1 aliphatic heterocycles. The highest BCUT2D eigenvalue weighted by Crippen LogP contribution is 2.26. The molecule has 3 N–H and O–H groups in total. The zero-order valence-electron chi connectivity index (χ0n) is 8.59. The summed E-state index contributed by atoms with van der Waals surface area (Å²) in [6.07, 6.45) is 3.42. The largest absolute Gasteiger partial charge is 0.336 e. The predicted octanol–water partition coefficient (Wildman–Crippen LogP) is 2.26. The van der Waals surface area contributed by atoms with Crippen LogP contribution in [0.15, 0.2) is 24.4 Å². The van der Waals surface area contributed by atoms with Crippen molar-refractivity contribution in [3.63, 3.8) is 0 Å². The Morgan fingerprint density at radius 2 is 2.06 bits per heavy atom. The third-order valence-electron chi connectivity index (χ3n) is 2.46. The van der Waals surface area contributed by atoms with Crippen LogP contribution in [0.3, 0.4) is 0 Å². The summed E-state index contributed by atoms with van der Waals surface area (Å²) in [6, 6.07) is 3.98. The second-order valence-corrected chi connectivity index (χ2v) is 3.55. The fraction of sp³-hybridized carbons (Fsp3) is 0. The minimum Gasteiger partial charge on any atom is -0.336 e. The van der Waals surface area contributed by atoms with Crippen molar-refractivity contribution in [2.75, 3.05) is 5.43 Å². The lowest BCUT2D eigenvalue weighted by molar-refractivity contribution is 0.510. The number of fused-ring (bicyclic) bond motifs is 1. The lowest BCUT2D eigenvalue weighted by Crippen LogP contribution is -2.17. The van der Waals surface area contributed by atoms with E-state index in [0.29, 0.717) is 11.5 Å². The molecular formula is C11H8F2N4. The maximum Gasteiger partial charge on any atom is 0.170 e. The molecule has 1 aromatic carbocycles. The number of halogens is 2. The predicted molar refractivity (Wildman–Crippen MR) is 59.7 cm³/mol. The van der Waals surface area contributed by atoms with Gasteiger partial charge in [0.15, 0.2) is 17.5 Å². The first-order chi connectivity index (χ1) is 8.25. The number of nitrogens with zero attached hydrogens (tertiary/aromatic N) is 1. The highest BCUT2D eigenvalue weighted by Gasteiger charge is 2.16. The van der Waals surface area contributed by atoms with Gasteiger partial charge in [0, 0.05) is 6.20 Å². The molecule has 1 aromatic heterocycles. The van der Waals surface area contributed by atoms with Gasteiger partial charge in [-0.1, -0.05) is 6.07 Å². The summed E-state index contributed by atoms with van der Waals surface area (Å²) in [5, 5.41) is 0. The number of hydrazine groups is 1. The van der Waals surface area contributed by atoms with Crippen molar-refractivity contribution < 1.29 is 8.78 Å². The third-order valence-corrected chi connectivity index (χ3v) is 2.46. The number of H-pyrrole nitrogens is 1. The molecule has 1 aliphatic rings. The fourth-order valence-corrected chi connectivity index (χ4v) is 1.65. The molecule has 0 saturated heterocycles. The van der Waals surface area contributed by atoms with Crippen LogP contribution in [-0.2, 0) is 0 Å². The normalized spacial score (nSPS) is 12.8. The van der Waals surface area contributed by atoms with Gasteiger partial charge in [0.25, 0.3) is 0 Å². The molecule has 2 heterocycles. The zero-order valence-corrected chi connectivity index (χ0v) is 8.59. The van der Waals surface area contributed by atoms with E-state index in [-0.39, 0.29) is 11.4 Å². The van der Waals surface area contributed by atoms with Crippen LogP contribution in [0.5, 0.6) is 0 Å². The first-order valence-corrected chi connectivity index (χ1v) is 4.98. The van der Waals surface area contributed by atoms with Crippen molar-refractivity contribution in [2.45, 2.75) is 0 Å². The van der Waals surface area contributed by atoms with E-state index in [2.05, 4.69) is 20.8 Å². The van der Waals surface area contributed by atoms with E-state index < -0.39 is 11.6 Å². The van der Waals surface area contributed by atoms with E-state index in [9.17, 15) is 8.78 Å². The molecule has 0 radical (unpaired) electrons. The lowest BCUT2D eigenvalue weighted by atomic mass is 10.2. The summed E-state index contributed by atoms with van der Waals surface area (Å²) >= 11 is 0. The molecule has 0 bridgehead atoms. The van der Waals surface area contributed by atoms with Crippen molar-refractivity contribution in [3.8, 4) is 11.4 Å². The van der Waals surface area contributed by atoms with Gasteiger partial charge in [-0.05, 0) is 18.2 Å². The molecule has 4 nitrogen and oxygen atoms in total. The minimum absolute atomic E-state index is 0.106. The number of benzene rings is 1. The van der Waals surface area contributed by atoms with E-state index in [1.54, 1.807) is 12.3 Å². The second kappa shape index (κ2) is 3.58. The Hall–Kier alpha value is -2.37. The van der Waals surface area contributed by atoms with Crippen molar-refractivity contribution in [2.24, 2.45) is 0 Å². The Bertz CT molecular complexity index is 604. The van der Waals surface area contributed by atoms with Crippen molar-refractivity contribution in [1.29, 1.82) is 0 Å². The van der Waals surface area contributed by atoms with Crippen molar-refractivity contribution in [1.82, 2.24) is 15.4 Å². The summed E-state index contributed by atoms with van der Waals surface area (Å²) in [6.45, 7) is 0. The maximum atomic E-state index is 13.6.